The van der Waals surface area contributed by atoms with Crippen molar-refractivity contribution in [2.24, 2.45) is 0 Å². The van der Waals surface area contributed by atoms with E-state index < -0.39 is 17.4 Å². The van der Waals surface area contributed by atoms with Gasteiger partial charge in [0.2, 0.25) is 5.43 Å². The molecule has 2 aromatic rings. The van der Waals surface area contributed by atoms with Gasteiger partial charge in [0.25, 0.3) is 0 Å². The van der Waals surface area contributed by atoms with E-state index in [2.05, 4.69) is 28.4 Å². The lowest BCUT2D eigenvalue weighted by Gasteiger charge is -2.42. The third kappa shape index (κ3) is 3.69. The highest BCUT2D eigenvalue weighted by Crippen LogP contribution is 2.39. The Kier molecular flexibility index (Phi) is 5.21. The zero-order valence-electron chi connectivity index (χ0n) is 16.7. The summed E-state index contributed by atoms with van der Waals surface area (Å²) in [7, 11) is 0. The van der Waals surface area contributed by atoms with Crippen LogP contribution in [0.5, 0.6) is 5.75 Å². The number of likely N-dealkylation sites (N-methyl/N-ethyl adjacent to an activating group) is 1. The van der Waals surface area contributed by atoms with Crippen LogP contribution in [0.3, 0.4) is 0 Å². The number of rotatable bonds is 5. The zero-order chi connectivity index (χ0) is 20.7. The molecule has 1 aliphatic carbocycles. The van der Waals surface area contributed by atoms with Crippen LogP contribution in [0.1, 0.15) is 39.2 Å². The Labute approximate surface area is 168 Å². The van der Waals surface area contributed by atoms with Gasteiger partial charge in [0.05, 0.1) is 22.8 Å². The SMILES string of the molecule is CCC1CN(c2cc3c(cc2F)c(=O)c(OC(=O)O)cn3C2CC2)CCN1CC. The first-order chi connectivity index (χ1) is 13.9. The predicted molar refractivity (Wildman–Crippen MR) is 109 cm³/mol. The number of carboxylic acid groups (broad SMARTS) is 1. The fraction of sp³-hybridized carbons (Fsp3) is 0.524. The average Bonchev–Trinajstić information content (AvgIpc) is 3.54. The van der Waals surface area contributed by atoms with Crippen LogP contribution in [0.4, 0.5) is 14.9 Å². The van der Waals surface area contributed by atoms with Crippen LogP contribution in [-0.2, 0) is 0 Å². The van der Waals surface area contributed by atoms with Crippen molar-refractivity contribution in [1.82, 2.24) is 9.47 Å². The molecule has 0 spiro atoms. The predicted octanol–water partition coefficient (Wildman–Crippen LogP) is 3.45. The number of piperazine rings is 1. The fourth-order valence-corrected chi connectivity index (χ4v) is 4.31. The van der Waals surface area contributed by atoms with E-state index >= 15 is 4.39 Å². The lowest BCUT2D eigenvalue weighted by molar-refractivity contribution is 0.143. The summed E-state index contributed by atoms with van der Waals surface area (Å²) in [6.45, 7) is 7.58. The molecule has 156 valence electrons. The summed E-state index contributed by atoms with van der Waals surface area (Å²) < 4.78 is 21.6. The molecule has 29 heavy (non-hydrogen) atoms. The zero-order valence-corrected chi connectivity index (χ0v) is 16.7. The van der Waals surface area contributed by atoms with Crippen LogP contribution < -0.4 is 15.1 Å². The molecule has 1 aromatic heterocycles. The third-order valence-corrected chi connectivity index (χ3v) is 6.03. The summed E-state index contributed by atoms with van der Waals surface area (Å²) >= 11 is 0. The van der Waals surface area contributed by atoms with Crippen LogP contribution >= 0.6 is 0 Å². The van der Waals surface area contributed by atoms with Crippen LogP contribution in [0.2, 0.25) is 0 Å². The lowest BCUT2D eigenvalue weighted by Crippen LogP contribution is -2.53. The monoisotopic (exact) mass is 403 g/mol. The molecule has 2 heterocycles. The first-order valence-corrected chi connectivity index (χ1v) is 10.2. The fourth-order valence-electron chi connectivity index (χ4n) is 4.31. The number of ether oxygens (including phenoxy) is 1. The second-order valence-electron chi connectivity index (χ2n) is 7.79. The van der Waals surface area contributed by atoms with Gasteiger partial charge in [-0.15, -0.1) is 0 Å². The number of hydrogen-bond donors (Lipinski definition) is 1. The first-order valence-electron chi connectivity index (χ1n) is 10.2. The molecule has 1 aliphatic heterocycles. The van der Waals surface area contributed by atoms with Gasteiger partial charge in [-0.05, 0) is 37.9 Å². The Morgan fingerprint density at radius 3 is 2.66 bits per heavy atom. The summed E-state index contributed by atoms with van der Waals surface area (Å²) in [4.78, 5) is 28.1. The number of carbonyl (C=O) groups is 1. The van der Waals surface area contributed by atoms with E-state index in [1.165, 1.54) is 12.3 Å². The highest BCUT2D eigenvalue weighted by atomic mass is 19.1. The van der Waals surface area contributed by atoms with E-state index in [9.17, 15) is 9.59 Å². The van der Waals surface area contributed by atoms with Crippen molar-refractivity contribution in [3.8, 4) is 5.75 Å². The maximum atomic E-state index is 15.1. The second kappa shape index (κ2) is 7.67. The molecule has 1 unspecified atom stereocenters. The molecular formula is C21H26FN3O4. The van der Waals surface area contributed by atoms with E-state index in [-0.39, 0.29) is 17.2 Å². The maximum Gasteiger partial charge on any atom is 0.511 e. The molecule has 4 rings (SSSR count). The second-order valence-corrected chi connectivity index (χ2v) is 7.79. The standard InChI is InChI=1S/C21H26FN3O4/c1-3-13-11-24(8-7-23(13)4-2)18-10-17-15(9-16(18)22)20(26)19(29-21(27)28)12-25(17)14-5-6-14/h9-10,12-14H,3-8,11H2,1-2H3,(H,27,28). The summed E-state index contributed by atoms with van der Waals surface area (Å²) in [5.41, 5.74) is 0.511. The van der Waals surface area contributed by atoms with Crippen molar-refractivity contribution in [1.29, 1.82) is 0 Å². The van der Waals surface area contributed by atoms with Gasteiger partial charge in [-0.1, -0.05) is 13.8 Å². The van der Waals surface area contributed by atoms with Crippen molar-refractivity contribution in [3.63, 3.8) is 0 Å². The number of halogens is 1. The Balaban J connectivity index is 1.79. The molecule has 2 aliphatic rings. The molecule has 0 bridgehead atoms. The molecular weight excluding hydrogens is 377 g/mol. The highest BCUT2D eigenvalue weighted by molar-refractivity contribution is 5.85. The third-order valence-electron chi connectivity index (χ3n) is 6.03. The minimum Gasteiger partial charge on any atom is -0.449 e. The van der Waals surface area contributed by atoms with Crippen molar-refractivity contribution in [2.45, 2.75) is 45.2 Å². The van der Waals surface area contributed by atoms with E-state index in [0.717, 1.165) is 45.4 Å². The quantitative estimate of drug-likeness (QED) is 0.771. The first kappa shape index (κ1) is 19.7. The van der Waals surface area contributed by atoms with Gasteiger partial charge in [-0.2, -0.15) is 0 Å². The number of benzene rings is 1. The smallest absolute Gasteiger partial charge is 0.449 e. The number of hydrogen-bond acceptors (Lipinski definition) is 5. The Hall–Kier alpha value is -2.61. The van der Waals surface area contributed by atoms with Gasteiger partial charge in [-0.3, -0.25) is 9.69 Å². The number of aromatic nitrogens is 1. The van der Waals surface area contributed by atoms with Gasteiger partial charge in [0.1, 0.15) is 5.82 Å². The number of pyridine rings is 1. The van der Waals surface area contributed by atoms with Crippen molar-refractivity contribution >= 4 is 22.7 Å². The number of nitrogens with zero attached hydrogens (tertiary/aromatic N) is 3. The molecule has 2 fully saturated rings. The molecule has 1 aromatic carbocycles. The number of anilines is 1. The summed E-state index contributed by atoms with van der Waals surface area (Å²) in [6.07, 6.45) is 2.75. The van der Waals surface area contributed by atoms with Crippen molar-refractivity contribution in [2.75, 3.05) is 31.1 Å². The molecule has 8 heteroatoms. The van der Waals surface area contributed by atoms with Gasteiger partial charge in [0, 0.05) is 31.7 Å². The summed E-state index contributed by atoms with van der Waals surface area (Å²) in [5, 5.41) is 9.06. The lowest BCUT2D eigenvalue weighted by atomic mass is 10.1. The van der Waals surface area contributed by atoms with Gasteiger partial charge in [0.15, 0.2) is 5.75 Å². The molecule has 0 radical (unpaired) electrons. The van der Waals surface area contributed by atoms with Crippen LogP contribution in [0, 0.1) is 5.82 Å². The molecule has 1 saturated carbocycles. The van der Waals surface area contributed by atoms with E-state index in [0.29, 0.717) is 17.2 Å². The minimum atomic E-state index is -1.56. The molecule has 1 atom stereocenters. The largest absolute Gasteiger partial charge is 0.511 e. The minimum absolute atomic E-state index is 0.149. The van der Waals surface area contributed by atoms with Crippen LogP contribution in [0.15, 0.2) is 23.1 Å². The Morgan fingerprint density at radius 1 is 1.28 bits per heavy atom. The van der Waals surface area contributed by atoms with E-state index in [4.69, 9.17) is 5.11 Å². The molecule has 1 N–H and O–H groups in total. The average molecular weight is 403 g/mol. The summed E-state index contributed by atoms with van der Waals surface area (Å²) in [5.74, 6) is -0.754. The molecule has 0 amide bonds. The molecule has 7 nitrogen and oxygen atoms in total. The summed E-state index contributed by atoms with van der Waals surface area (Å²) in [6, 6.07) is 3.51. The maximum absolute atomic E-state index is 15.1. The van der Waals surface area contributed by atoms with Gasteiger partial charge < -0.3 is 19.3 Å². The van der Waals surface area contributed by atoms with Gasteiger partial charge >= 0.3 is 6.16 Å². The van der Waals surface area contributed by atoms with E-state index in [1.807, 2.05) is 4.57 Å². The molecule has 1 saturated heterocycles. The van der Waals surface area contributed by atoms with E-state index in [1.54, 1.807) is 6.07 Å². The van der Waals surface area contributed by atoms with Crippen molar-refractivity contribution in [3.05, 3.63) is 34.4 Å². The van der Waals surface area contributed by atoms with Gasteiger partial charge in [-0.25, -0.2) is 9.18 Å². The van der Waals surface area contributed by atoms with Crippen molar-refractivity contribution < 1.29 is 19.0 Å². The topological polar surface area (TPSA) is 75.0 Å². The Bertz CT molecular complexity index is 1000. The van der Waals surface area contributed by atoms with Crippen LogP contribution in [0.25, 0.3) is 10.9 Å². The van der Waals surface area contributed by atoms with Crippen LogP contribution in [-0.4, -0.2) is 52.9 Å². The normalized spacial score (nSPS) is 20.2. The number of fused-ring (bicyclic) bond motifs is 1. The Morgan fingerprint density at radius 2 is 2.03 bits per heavy atom. The highest BCUT2D eigenvalue weighted by Gasteiger charge is 2.29.